The number of unbranched alkanes of at least 4 members (excludes halogenated alkanes) is 1. The summed E-state index contributed by atoms with van der Waals surface area (Å²) < 4.78 is 27.7. The maximum absolute atomic E-state index is 13.0. The van der Waals surface area contributed by atoms with Crippen LogP contribution in [0.3, 0.4) is 0 Å². The fourth-order valence-electron chi connectivity index (χ4n) is 3.02. The van der Waals surface area contributed by atoms with Gasteiger partial charge in [-0.25, -0.2) is 8.42 Å². The van der Waals surface area contributed by atoms with Crippen molar-refractivity contribution in [2.24, 2.45) is 0 Å². The Balaban J connectivity index is 2.32. The van der Waals surface area contributed by atoms with Crippen molar-refractivity contribution in [1.29, 1.82) is 0 Å². The first-order valence-electron chi connectivity index (χ1n) is 7.93. The van der Waals surface area contributed by atoms with Crippen LogP contribution in [-0.2, 0) is 10.0 Å². The molecule has 0 saturated heterocycles. The molecule has 0 spiro atoms. The minimum atomic E-state index is -3.50. The lowest BCUT2D eigenvalue weighted by Gasteiger charge is -2.33. The molecule has 0 heterocycles. The fraction of sp³-hybridized carbons (Fsp3) is 0.625. The number of hydrogen-bond acceptors (Lipinski definition) is 3. The van der Waals surface area contributed by atoms with E-state index in [1.165, 1.54) is 6.42 Å². The van der Waals surface area contributed by atoms with Crippen molar-refractivity contribution in [3.63, 3.8) is 0 Å². The Kier molecular flexibility index (Phi) is 5.65. The number of nitrogens with two attached hydrogens (primary N) is 1. The van der Waals surface area contributed by atoms with Crippen LogP contribution < -0.4 is 5.73 Å². The van der Waals surface area contributed by atoms with Gasteiger partial charge in [0, 0.05) is 12.6 Å². The van der Waals surface area contributed by atoms with E-state index in [1.54, 1.807) is 28.6 Å². The van der Waals surface area contributed by atoms with E-state index in [4.69, 9.17) is 5.73 Å². The highest BCUT2D eigenvalue weighted by molar-refractivity contribution is 7.89. The zero-order valence-corrected chi connectivity index (χ0v) is 13.6. The number of nitrogens with zero attached hydrogens (tertiary/aromatic N) is 1. The molecule has 0 aliphatic heterocycles. The zero-order valence-electron chi connectivity index (χ0n) is 12.8. The smallest absolute Gasteiger partial charge is 0.245 e. The Morgan fingerprint density at radius 3 is 2.48 bits per heavy atom. The largest absolute Gasteiger partial charge is 0.398 e. The highest BCUT2D eigenvalue weighted by atomic mass is 32.2. The summed E-state index contributed by atoms with van der Waals surface area (Å²) in [6, 6.07) is 6.92. The lowest BCUT2D eigenvalue weighted by Crippen LogP contribution is -2.42. The second-order valence-electron chi connectivity index (χ2n) is 5.80. The normalized spacial score (nSPS) is 17.2. The number of nitrogen functional groups attached to an aromatic ring is 1. The van der Waals surface area contributed by atoms with E-state index in [-0.39, 0.29) is 10.9 Å². The highest BCUT2D eigenvalue weighted by Gasteiger charge is 2.32. The molecular formula is C16H26N2O2S. The van der Waals surface area contributed by atoms with Gasteiger partial charge in [0.1, 0.15) is 4.90 Å². The first kappa shape index (κ1) is 16.3. The molecule has 2 rings (SSSR count). The van der Waals surface area contributed by atoms with Crippen molar-refractivity contribution < 1.29 is 8.42 Å². The molecule has 5 heteroatoms. The molecule has 0 radical (unpaired) electrons. The van der Waals surface area contributed by atoms with Gasteiger partial charge in [-0.1, -0.05) is 44.7 Å². The molecule has 0 bridgehead atoms. The van der Waals surface area contributed by atoms with Gasteiger partial charge in [-0.15, -0.1) is 0 Å². The topological polar surface area (TPSA) is 63.4 Å². The zero-order chi connectivity index (χ0) is 15.3. The molecule has 2 N–H and O–H groups in total. The van der Waals surface area contributed by atoms with Crippen molar-refractivity contribution in [3.8, 4) is 0 Å². The summed E-state index contributed by atoms with van der Waals surface area (Å²) in [5, 5.41) is 0. The summed E-state index contributed by atoms with van der Waals surface area (Å²) >= 11 is 0. The van der Waals surface area contributed by atoms with Gasteiger partial charge < -0.3 is 5.73 Å². The number of sulfonamides is 1. The second-order valence-corrected chi connectivity index (χ2v) is 7.66. The van der Waals surface area contributed by atoms with Gasteiger partial charge in [0.05, 0.1) is 5.69 Å². The van der Waals surface area contributed by atoms with E-state index in [2.05, 4.69) is 6.92 Å². The lowest BCUT2D eigenvalue weighted by atomic mass is 9.95. The monoisotopic (exact) mass is 310 g/mol. The first-order chi connectivity index (χ1) is 10.1. The van der Waals surface area contributed by atoms with Gasteiger partial charge in [0.15, 0.2) is 0 Å². The molecule has 1 saturated carbocycles. The first-order valence-corrected chi connectivity index (χ1v) is 9.37. The Hall–Kier alpha value is -1.07. The van der Waals surface area contributed by atoms with Crippen LogP contribution in [0.1, 0.15) is 51.9 Å². The SMILES string of the molecule is CCCCN(C1CCCCC1)S(=O)(=O)c1ccccc1N. The summed E-state index contributed by atoms with van der Waals surface area (Å²) in [6.45, 7) is 2.68. The van der Waals surface area contributed by atoms with Gasteiger partial charge in [0.25, 0.3) is 0 Å². The third-order valence-electron chi connectivity index (χ3n) is 4.22. The summed E-state index contributed by atoms with van der Waals surface area (Å²) in [5.41, 5.74) is 6.24. The highest BCUT2D eigenvalue weighted by Crippen LogP contribution is 2.30. The molecule has 0 aromatic heterocycles. The molecule has 1 aromatic rings. The maximum Gasteiger partial charge on any atom is 0.245 e. The van der Waals surface area contributed by atoms with Crippen molar-refractivity contribution in [1.82, 2.24) is 4.31 Å². The third kappa shape index (κ3) is 3.77. The molecule has 4 nitrogen and oxygen atoms in total. The number of para-hydroxylation sites is 1. The summed E-state index contributed by atoms with van der Waals surface area (Å²) in [5.74, 6) is 0. The summed E-state index contributed by atoms with van der Waals surface area (Å²) in [7, 11) is -3.50. The molecule has 21 heavy (non-hydrogen) atoms. The average molecular weight is 310 g/mol. The van der Waals surface area contributed by atoms with Crippen LogP contribution in [0.15, 0.2) is 29.2 Å². The van der Waals surface area contributed by atoms with Crippen LogP contribution >= 0.6 is 0 Å². The van der Waals surface area contributed by atoms with Gasteiger partial charge >= 0.3 is 0 Å². The molecule has 1 aliphatic carbocycles. The summed E-state index contributed by atoms with van der Waals surface area (Å²) in [6.07, 6.45) is 7.27. The van der Waals surface area contributed by atoms with Crippen molar-refractivity contribution >= 4 is 15.7 Å². The number of benzene rings is 1. The van der Waals surface area contributed by atoms with Crippen LogP contribution in [0, 0.1) is 0 Å². The number of rotatable bonds is 6. The quantitative estimate of drug-likeness (QED) is 0.819. The minimum absolute atomic E-state index is 0.134. The van der Waals surface area contributed by atoms with Gasteiger partial charge in [-0.2, -0.15) is 4.31 Å². The molecule has 0 unspecified atom stereocenters. The van der Waals surface area contributed by atoms with Gasteiger partial charge in [-0.3, -0.25) is 0 Å². The molecule has 1 aromatic carbocycles. The summed E-state index contributed by atoms with van der Waals surface area (Å²) in [4.78, 5) is 0.256. The molecule has 1 fully saturated rings. The van der Waals surface area contributed by atoms with Crippen LogP contribution in [-0.4, -0.2) is 25.3 Å². The predicted octanol–water partition coefficient (Wildman–Crippen LogP) is 3.39. The number of anilines is 1. The Bertz CT molecular complexity index is 551. The van der Waals surface area contributed by atoms with Crippen LogP contribution in [0.5, 0.6) is 0 Å². The van der Waals surface area contributed by atoms with Crippen molar-refractivity contribution in [2.45, 2.75) is 62.8 Å². The fourth-order valence-corrected chi connectivity index (χ4v) is 4.87. The molecule has 1 aliphatic rings. The molecule has 0 amide bonds. The van der Waals surface area contributed by atoms with Crippen LogP contribution in [0.4, 0.5) is 5.69 Å². The third-order valence-corrected chi connectivity index (χ3v) is 6.25. The Morgan fingerprint density at radius 2 is 1.86 bits per heavy atom. The van der Waals surface area contributed by atoms with E-state index >= 15 is 0 Å². The van der Waals surface area contributed by atoms with Crippen LogP contribution in [0.2, 0.25) is 0 Å². The van der Waals surface area contributed by atoms with E-state index in [1.807, 2.05) is 0 Å². The van der Waals surface area contributed by atoms with E-state index in [0.717, 1.165) is 38.5 Å². The predicted molar refractivity (Wildman–Crippen MR) is 86.5 cm³/mol. The van der Waals surface area contributed by atoms with E-state index < -0.39 is 10.0 Å². The molecular weight excluding hydrogens is 284 g/mol. The van der Waals surface area contributed by atoms with Crippen LogP contribution in [0.25, 0.3) is 0 Å². The Labute approximate surface area is 128 Å². The molecule has 118 valence electrons. The van der Waals surface area contributed by atoms with Gasteiger partial charge in [-0.05, 0) is 31.4 Å². The maximum atomic E-state index is 13.0. The molecule has 0 atom stereocenters. The van der Waals surface area contributed by atoms with E-state index in [9.17, 15) is 8.42 Å². The Morgan fingerprint density at radius 1 is 1.19 bits per heavy atom. The van der Waals surface area contributed by atoms with Crippen molar-refractivity contribution in [2.75, 3.05) is 12.3 Å². The standard InChI is InChI=1S/C16H26N2O2S/c1-2-3-13-18(14-9-5-4-6-10-14)21(19,20)16-12-8-7-11-15(16)17/h7-8,11-12,14H,2-6,9-10,13,17H2,1H3. The lowest BCUT2D eigenvalue weighted by molar-refractivity contribution is 0.250. The minimum Gasteiger partial charge on any atom is -0.398 e. The second kappa shape index (κ2) is 7.27. The number of hydrogen-bond donors (Lipinski definition) is 1. The van der Waals surface area contributed by atoms with E-state index in [0.29, 0.717) is 12.2 Å². The average Bonchev–Trinajstić information content (AvgIpc) is 2.49. The van der Waals surface area contributed by atoms with Gasteiger partial charge in [0.2, 0.25) is 10.0 Å². The van der Waals surface area contributed by atoms with Crippen molar-refractivity contribution in [3.05, 3.63) is 24.3 Å².